The molecule has 0 saturated carbocycles. The number of hydrogen-bond acceptors (Lipinski definition) is 1. The van der Waals surface area contributed by atoms with E-state index in [2.05, 4.69) is 42.1 Å². The number of benzene rings is 1. The lowest BCUT2D eigenvalue weighted by atomic mass is 9.49. The Morgan fingerprint density at radius 1 is 1.20 bits per heavy atom. The quantitative estimate of drug-likeness (QED) is 0.678. The van der Waals surface area contributed by atoms with Gasteiger partial charge in [0.25, 0.3) is 6.85 Å². The van der Waals surface area contributed by atoms with Crippen LogP contribution in [0.15, 0.2) is 30.3 Å². The van der Waals surface area contributed by atoms with Crippen LogP contribution in [0.1, 0.15) is 26.2 Å². The zero-order chi connectivity index (χ0) is 10.5. The van der Waals surface area contributed by atoms with E-state index in [1.807, 2.05) is 0 Å². The van der Waals surface area contributed by atoms with Crippen LogP contribution < -0.4 is 5.46 Å². The summed E-state index contributed by atoms with van der Waals surface area (Å²) in [5.41, 5.74) is 1.51. The fourth-order valence-corrected chi connectivity index (χ4v) is 2.60. The van der Waals surface area contributed by atoms with Crippen molar-refractivity contribution in [2.24, 2.45) is 0 Å². The third-order valence-electron chi connectivity index (χ3n) is 3.31. The Labute approximate surface area is 93.6 Å². The van der Waals surface area contributed by atoms with E-state index in [9.17, 15) is 0 Å². The molecule has 1 aromatic carbocycles. The Balaban J connectivity index is 2.11. The molecule has 1 fully saturated rings. The van der Waals surface area contributed by atoms with E-state index in [1.165, 1.54) is 44.1 Å². The Morgan fingerprint density at radius 2 is 2.00 bits per heavy atom. The maximum atomic E-state index is 2.65. The topological polar surface area (TPSA) is 3.24 Å². The Hall–Kier alpha value is -0.755. The molecule has 0 spiro atoms. The van der Waals surface area contributed by atoms with E-state index in [0.29, 0.717) is 6.85 Å². The van der Waals surface area contributed by atoms with Crippen LogP contribution in [0.25, 0.3) is 0 Å². The normalized spacial score (nSPS) is 18.1. The van der Waals surface area contributed by atoms with E-state index >= 15 is 0 Å². The molecule has 1 nitrogen and oxygen atoms in total. The molecule has 0 unspecified atom stereocenters. The first-order valence-corrected chi connectivity index (χ1v) is 6.21. The molecule has 0 radical (unpaired) electrons. The van der Waals surface area contributed by atoms with Gasteiger partial charge in [-0.3, -0.25) is 0 Å². The van der Waals surface area contributed by atoms with Crippen molar-refractivity contribution in [3.8, 4) is 0 Å². The Kier molecular flexibility index (Phi) is 3.84. The van der Waals surface area contributed by atoms with Crippen molar-refractivity contribution >= 4 is 12.3 Å². The minimum Gasteiger partial charge on any atom is -0.338 e. The Bertz CT molecular complexity index is 284. The summed E-state index contributed by atoms with van der Waals surface area (Å²) >= 11 is 0. The van der Waals surface area contributed by atoms with Crippen LogP contribution in [0, 0.1) is 0 Å². The molecule has 0 amide bonds. The molecule has 2 heteroatoms. The number of rotatable bonds is 3. The monoisotopic (exact) mass is 201 g/mol. The third-order valence-corrected chi connectivity index (χ3v) is 3.31. The maximum Gasteiger partial charge on any atom is 0.257 e. The van der Waals surface area contributed by atoms with Gasteiger partial charge in [-0.2, -0.15) is 0 Å². The first-order chi connectivity index (χ1) is 7.42. The van der Waals surface area contributed by atoms with Crippen molar-refractivity contribution < 1.29 is 0 Å². The molecule has 1 aliphatic rings. The summed E-state index contributed by atoms with van der Waals surface area (Å²) in [7, 11) is 0. The van der Waals surface area contributed by atoms with E-state index in [1.54, 1.807) is 0 Å². The highest BCUT2D eigenvalue weighted by Crippen LogP contribution is 2.15. The highest BCUT2D eigenvalue weighted by molar-refractivity contribution is 6.70. The molecule has 1 aromatic rings. The summed E-state index contributed by atoms with van der Waals surface area (Å²) < 4.78 is 0. The van der Waals surface area contributed by atoms with Gasteiger partial charge < -0.3 is 4.81 Å². The molecular formula is C13H20BN. The lowest BCUT2D eigenvalue weighted by molar-refractivity contribution is 0.399. The summed E-state index contributed by atoms with van der Waals surface area (Å²) in [6.45, 7) is 5.49. The highest BCUT2D eigenvalue weighted by atomic mass is 15.1. The minimum atomic E-state index is 0.680. The average molecular weight is 201 g/mol. The molecule has 15 heavy (non-hydrogen) atoms. The van der Waals surface area contributed by atoms with Gasteiger partial charge in [-0.25, -0.2) is 0 Å². The lowest BCUT2D eigenvalue weighted by Gasteiger charge is -2.33. The first-order valence-electron chi connectivity index (χ1n) is 6.21. The SMILES string of the molecule is CCCN1CCCCB1c1ccccc1. The average Bonchev–Trinajstić information content (AvgIpc) is 2.31. The van der Waals surface area contributed by atoms with Gasteiger partial charge in [0.05, 0.1) is 0 Å². The van der Waals surface area contributed by atoms with Crippen molar-refractivity contribution in [3.05, 3.63) is 30.3 Å². The third kappa shape index (κ3) is 2.63. The second-order valence-corrected chi connectivity index (χ2v) is 4.46. The van der Waals surface area contributed by atoms with Crippen molar-refractivity contribution in [3.63, 3.8) is 0 Å². The fraction of sp³-hybridized carbons (Fsp3) is 0.538. The van der Waals surface area contributed by atoms with E-state index in [4.69, 9.17) is 0 Å². The smallest absolute Gasteiger partial charge is 0.257 e. The second-order valence-electron chi connectivity index (χ2n) is 4.46. The molecule has 0 atom stereocenters. The highest BCUT2D eigenvalue weighted by Gasteiger charge is 2.26. The van der Waals surface area contributed by atoms with Crippen molar-refractivity contribution in [1.29, 1.82) is 0 Å². The summed E-state index contributed by atoms with van der Waals surface area (Å²) in [5.74, 6) is 0. The van der Waals surface area contributed by atoms with Gasteiger partial charge in [0.15, 0.2) is 0 Å². The molecule has 1 saturated heterocycles. The molecular weight excluding hydrogens is 181 g/mol. The molecule has 0 N–H and O–H groups in total. The summed E-state index contributed by atoms with van der Waals surface area (Å²) in [6.07, 6.45) is 5.37. The van der Waals surface area contributed by atoms with Gasteiger partial charge in [-0.1, -0.05) is 55.5 Å². The van der Waals surface area contributed by atoms with Crippen LogP contribution in [0.4, 0.5) is 0 Å². The van der Waals surface area contributed by atoms with E-state index in [0.717, 1.165) is 0 Å². The van der Waals surface area contributed by atoms with Gasteiger partial charge in [0.1, 0.15) is 0 Å². The van der Waals surface area contributed by atoms with Crippen LogP contribution in [-0.2, 0) is 0 Å². The molecule has 1 aliphatic heterocycles. The predicted molar refractivity (Wildman–Crippen MR) is 67.7 cm³/mol. The molecule has 0 bridgehead atoms. The van der Waals surface area contributed by atoms with Crippen LogP contribution in [-0.4, -0.2) is 24.7 Å². The number of hydrogen-bond donors (Lipinski definition) is 0. The molecule has 2 rings (SSSR count). The summed E-state index contributed by atoms with van der Waals surface area (Å²) in [4.78, 5) is 2.65. The van der Waals surface area contributed by atoms with Gasteiger partial charge in [-0.15, -0.1) is 0 Å². The Morgan fingerprint density at radius 3 is 2.73 bits per heavy atom. The molecule has 1 heterocycles. The standard InChI is InChI=1S/C13H20BN/c1-2-11-15-12-7-6-10-14(15)13-8-4-3-5-9-13/h3-5,8-9H,2,6-7,10-12H2,1H3. The first kappa shape index (κ1) is 10.8. The zero-order valence-electron chi connectivity index (χ0n) is 9.65. The van der Waals surface area contributed by atoms with Gasteiger partial charge >= 0.3 is 0 Å². The van der Waals surface area contributed by atoms with Crippen molar-refractivity contribution in [1.82, 2.24) is 4.81 Å². The van der Waals surface area contributed by atoms with Crippen LogP contribution in [0.5, 0.6) is 0 Å². The van der Waals surface area contributed by atoms with Gasteiger partial charge in [-0.05, 0) is 25.9 Å². The lowest BCUT2D eigenvalue weighted by Crippen LogP contribution is -2.51. The predicted octanol–water partition coefficient (Wildman–Crippen LogP) is 2.39. The van der Waals surface area contributed by atoms with Crippen molar-refractivity contribution in [2.45, 2.75) is 32.5 Å². The second kappa shape index (κ2) is 5.36. The van der Waals surface area contributed by atoms with Gasteiger partial charge in [0.2, 0.25) is 0 Å². The van der Waals surface area contributed by atoms with E-state index < -0.39 is 0 Å². The largest absolute Gasteiger partial charge is 0.338 e. The van der Waals surface area contributed by atoms with Crippen LogP contribution in [0.3, 0.4) is 0 Å². The summed E-state index contributed by atoms with van der Waals surface area (Å²) in [5, 5.41) is 0. The van der Waals surface area contributed by atoms with Crippen LogP contribution in [0.2, 0.25) is 6.32 Å². The summed E-state index contributed by atoms with van der Waals surface area (Å²) in [6, 6.07) is 11.0. The zero-order valence-corrected chi connectivity index (χ0v) is 9.65. The molecule has 0 aliphatic carbocycles. The van der Waals surface area contributed by atoms with Crippen molar-refractivity contribution in [2.75, 3.05) is 13.1 Å². The maximum absolute atomic E-state index is 2.65. The molecule has 80 valence electrons. The fourth-order valence-electron chi connectivity index (χ4n) is 2.60. The number of nitrogens with zero attached hydrogens (tertiary/aromatic N) is 1. The molecule has 0 aromatic heterocycles. The van der Waals surface area contributed by atoms with E-state index in [-0.39, 0.29) is 0 Å². The van der Waals surface area contributed by atoms with Crippen LogP contribution >= 0.6 is 0 Å². The minimum absolute atomic E-state index is 0.680. The van der Waals surface area contributed by atoms with Gasteiger partial charge in [0, 0.05) is 0 Å².